The molecule has 0 spiro atoms. The number of aromatic carboxylic acids is 1. The number of carboxylic acids is 1. The van der Waals surface area contributed by atoms with Crippen LogP contribution in [0.5, 0.6) is 5.88 Å². The summed E-state index contributed by atoms with van der Waals surface area (Å²) in [6.07, 6.45) is 2.69. The lowest BCUT2D eigenvalue weighted by Crippen LogP contribution is -2.42. The second kappa shape index (κ2) is 9.79. The first-order chi connectivity index (χ1) is 14.9. The average molecular weight is 427 g/mol. The molecule has 1 amide bonds. The van der Waals surface area contributed by atoms with Crippen molar-refractivity contribution in [3.63, 3.8) is 0 Å². The Morgan fingerprint density at radius 2 is 2.06 bits per heavy atom. The van der Waals surface area contributed by atoms with E-state index in [1.54, 1.807) is 4.90 Å². The number of hydrogen-bond donors (Lipinski definition) is 1. The zero-order chi connectivity index (χ0) is 22.4. The van der Waals surface area contributed by atoms with Gasteiger partial charge in [-0.2, -0.15) is 15.3 Å². The molecule has 1 N–H and O–H groups in total. The van der Waals surface area contributed by atoms with Gasteiger partial charge in [0.15, 0.2) is 0 Å². The number of benzene rings is 1. The molecule has 1 atom stereocenters. The number of rotatable bonds is 8. The Labute approximate surface area is 178 Å². The fourth-order valence-corrected chi connectivity index (χ4v) is 3.42. The summed E-state index contributed by atoms with van der Waals surface area (Å²) in [5.74, 6) is -1.59. The second-order valence-corrected chi connectivity index (χ2v) is 6.99. The third kappa shape index (κ3) is 5.21. The predicted octanol–water partition coefficient (Wildman–Crippen LogP) is 2.89. The van der Waals surface area contributed by atoms with E-state index in [0.717, 1.165) is 24.2 Å². The van der Waals surface area contributed by atoms with Crippen molar-refractivity contribution in [1.29, 1.82) is 0 Å². The minimum Gasteiger partial charge on any atom is -0.478 e. The third-order valence-electron chi connectivity index (χ3n) is 4.93. The maximum Gasteiger partial charge on any atom is 0.335 e. The van der Waals surface area contributed by atoms with Gasteiger partial charge < -0.3 is 14.7 Å². The average Bonchev–Trinajstić information content (AvgIpc) is 2.79. The largest absolute Gasteiger partial charge is 0.478 e. The summed E-state index contributed by atoms with van der Waals surface area (Å²) in [5, 5.41) is 17.8. The van der Waals surface area contributed by atoms with E-state index in [9.17, 15) is 19.1 Å². The highest BCUT2D eigenvalue weighted by Crippen LogP contribution is 2.27. The summed E-state index contributed by atoms with van der Waals surface area (Å²) in [5.41, 5.74) is 0.398. The number of carboxylic acid groups (broad SMARTS) is 1. The number of hydrazone groups is 2. The molecule has 3 rings (SSSR count). The van der Waals surface area contributed by atoms with Crippen molar-refractivity contribution in [3.05, 3.63) is 53.5 Å². The summed E-state index contributed by atoms with van der Waals surface area (Å²) in [6.45, 7) is 8.06. The lowest BCUT2D eigenvalue weighted by atomic mass is 9.97. The van der Waals surface area contributed by atoms with Crippen LogP contribution in [0, 0.1) is 11.7 Å². The summed E-state index contributed by atoms with van der Waals surface area (Å²) in [4.78, 5) is 30.2. The van der Waals surface area contributed by atoms with Crippen molar-refractivity contribution in [2.45, 2.75) is 12.8 Å². The normalized spacial score (nSPS) is 15.8. The van der Waals surface area contributed by atoms with Crippen LogP contribution in [-0.4, -0.2) is 60.0 Å². The topological polar surface area (TPSA) is 108 Å². The number of halogens is 1. The van der Waals surface area contributed by atoms with Gasteiger partial charge in [0.25, 0.3) is 5.91 Å². The number of ether oxygens (including phenoxy) is 1. The van der Waals surface area contributed by atoms with Crippen LogP contribution in [-0.2, 0) is 0 Å². The molecule has 0 bridgehead atoms. The van der Waals surface area contributed by atoms with Crippen LogP contribution in [0.15, 0.2) is 46.7 Å². The van der Waals surface area contributed by atoms with Gasteiger partial charge in [0, 0.05) is 38.5 Å². The van der Waals surface area contributed by atoms with Crippen molar-refractivity contribution in [3.8, 4) is 5.88 Å². The van der Waals surface area contributed by atoms with Crippen LogP contribution in [0.1, 0.15) is 33.6 Å². The molecule has 0 radical (unpaired) electrons. The maximum atomic E-state index is 13.3. The number of hydrogen-bond acceptors (Lipinski definition) is 7. The molecule has 1 aliphatic rings. The van der Waals surface area contributed by atoms with Gasteiger partial charge in [-0.05, 0) is 37.1 Å². The van der Waals surface area contributed by atoms with E-state index in [2.05, 4.69) is 28.6 Å². The number of carbonyl (C=O) groups is 2. The third-order valence-corrected chi connectivity index (χ3v) is 4.93. The van der Waals surface area contributed by atoms with E-state index in [1.165, 1.54) is 30.3 Å². The van der Waals surface area contributed by atoms with Crippen molar-refractivity contribution in [1.82, 2.24) is 9.88 Å². The Bertz CT molecular complexity index is 974. The second-order valence-electron chi connectivity index (χ2n) is 6.99. The molecular formula is C21H22FN5O4. The number of carbonyl (C=O) groups excluding carboxylic acids is 1. The summed E-state index contributed by atoms with van der Waals surface area (Å²) >= 11 is 0. The molecule has 1 aliphatic heterocycles. The van der Waals surface area contributed by atoms with Crippen molar-refractivity contribution >= 4 is 31.0 Å². The standard InChI is InChI=1S/C21H22FN5O4/c1-23-27(24-2)18-7-5-15(21(29)30)10-17(18)20(28)26-9-3-4-14(12-26)13-31-19-8-6-16(22)11-25-19/h5-8,10-11,14H,1-4,9,12-13H2,(H,29,30). The predicted molar refractivity (Wildman–Crippen MR) is 113 cm³/mol. The first-order valence-corrected chi connectivity index (χ1v) is 9.57. The number of anilines is 1. The van der Waals surface area contributed by atoms with Crippen LogP contribution in [0.3, 0.4) is 0 Å². The number of piperidine rings is 1. The van der Waals surface area contributed by atoms with E-state index < -0.39 is 11.8 Å². The minimum atomic E-state index is -1.15. The molecule has 162 valence electrons. The summed E-state index contributed by atoms with van der Waals surface area (Å²) < 4.78 is 18.6. The lowest BCUT2D eigenvalue weighted by molar-refractivity contribution is 0.0631. The minimum absolute atomic E-state index is 0.0283. The highest BCUT2D eigenvalue weighted by atomic mass is 19.1. The van der Waals surface area contributed by atoms with Crippen LogP contribution in [0.2, 0.25) is 0 Å². The van der Waals surface area contributed by atoms with Gasteiger partial charge in [-0.1, -0.05) is 0 Å². The van der Waals surface area contributed by atoms with Crippen molar-refractivity contribution < 1.29 is 23.8 Å². The van der Waals surface area contributed by atoms with E-state index >= 15 is 0 Å². The molecule has 1 aromatic heterocycles. The number of amides is 1. The highest BCUT2D eigenvalue weighted by Gasteiger charge is 2.28. The fraction of sp³-hybridized carbons (Fsp3) is 0.286. The zero-order valence-corrected chi connectivity index (χ0v) is 16.8. The van der Waals surface area contributed by atoms with Gasteiger partial charge in [-0.3, -0.25) is 4.79 Å². The molecule has 2 aromatic rings. The van der Waals surface area contributed by atoms with E-state index in [4.69, 9.17) is 4.74 Å². The van der Waals surface area contributed by atoms with Crippen LogP contribution >= 0.6 is 0 Å². The van der Waals surface area contributed by atoms with E-state index in [1.807, 2.05) is 0 Å². The molecular weight excluding hydrogens is 405 g/mol. The number of aromatic nitrogens is 1. The van der Waals surface area contributed by atoms with Gasteiger partial charge in [-0.25, -0.2) is 14.2 Å². The Morgan fingerprint density at radius 1 is 1.29 bits per heavy atom. The molecule has 0 saturated carbocycles. The quantitative estimate of drug-likeness (QED) is 0.513. The summed E-state index contributed by atoms with van der Waals surface area (Å²) in [6, 6.07) is 6.82. The van der Waals surface area contributed by atoms with Gasteiger partial charge in [0.2, 0.25) is 5.88 Å². The zero-order valence-electron chi connectivity index (χ0n) is 16.8. The molecule has 1 saturated heterocycles. The first-order valence-electron chi connectivity index (χ1n) is 9.57. The van der Waals surface area contributed by atoms with Gasteiger partial charge in [0.1, 0.15) is 5.82 Å². The highest BCUT2D eigenvalue weighted by molar-refractivity contribution is 6.02. The Morgan fingerprint density at radius 3 is 2.71 bits per heavy atom. The van der Waals surface area contributed by atoms with E-state index in [0.29, 0.717) is 25.6 Å². The Hall–Kier alpha value is -3.82. The fourth-order valence-electron chi connectivity index (χ4n) is 3.42. The molecule has 31 heavy (non-hydrogen) atoms. The van der Waals surface area contributed by atoms with Crippen molar-refractivity contribution in [2.24, 2.45) is 16.1 Å². The van der Waals surface area contributed by atoms with Gasteiger partial charge in [-0.15, -0.1) is 0 Å². The molecule has 1 unspecified atom stereocenters. The van der Waals surface area contributed by atoms with Crippen molar-refractivity contribution in [2.75, 3.05) is 24.8 Å². The molecule has 9 nitrogen and oxygen atoms in total. The van der Waals surface area contributed by atoms with Crippen LogP contribution in [0.25, 0.3) is 0 Å². The molecule has 1 aromatic carbocycles. The van der Waals surface area contributed by atoms with Gasteiger partial charge >= 0.3 is 5.97 Å². The Balaban J connectivity index is 1.77. The van der Waals surface area contributed by atoms with Crippen LogP contribution < -0.4 is 9.85 Å². The number of nitrogens with zero attached hydrogens (tertiary/aromatic N) is 5. The SMILES string of the molecule is C=NN(N=C)c1ccc(C(=O)O)cc1C(=O)N1CCCC(COc2ccc(F)cn2)C1. The monoisotopic (exact) mass is 427 g/mol. The number of likely N-dealkylation sites (tertiary alicyclic amines) is 1. The molecule has 1 fully saturated rings. The van der Waals surface area contributed by atoms with Gasteiger partial charge in [0.05, 0.1) is 29.6 Å². The smallest absolute Gasteiger partial charge is 0.335 e. The first kappa shape index (κ1) is 21.9. The Kier molecular flexibility index (Phi) is 6.91. The summed E-state index contributed by atoms with van der Waals surface area (Å²) in [7, 11) is 0. The molecule has 2 heterocycles. The number of pyridine rings is 1. The van der Waals surface area contributed by atoms with Crippen LogP contribution in [0.4, 0.5) is 10.1 Å². The maximum absolute atomic E-state index is 13.3. The molecule has 0 aliphatic carbocycles. The molecule has 10 heteroatoms. The lowest BCUT2D eigenvalue weighted by Gasteiger charge is -2.33. The van der Waals surface area contributed by atoms with E-state index in [-0.39, 0.29) is 28.6 Å².